The summed E-state index contributed by atoms with van der Waals surface area (Å²) in [6, 6.07) is 11.1. The first-order chi connectivity index (χ1) is 10.6. The van der Waals surface area contributed by atoms with Gasteiger partial charge in [-0.3, -0.25) is 9.89 Å². The van der Waals surface area contributed by atoms with Crippen LogP contribution >= 0.6 is 0 Å². The van der Waals surface area contributed by atoms with Crippen LogP contribution in [0.1, 0.15) is 38.2 Å². The van der Waals surface area contributed by atoms with Gasteiger partial charge in [-0.05, 0) is 44.7 Å². The highest BCUT2D eigenvalue weighted by Gasteiger charge is 2.16. The van der Waals surface area contributed by atoms with Crippen molar-refractivity contribution < 1.29 is 0 Å². The molecule has 0 spiro atoms. The second kappa shape index (κ2) is 8.79. The Morgan fingerprint density at radius 1 is 1.36 bits per heavy atom. The number of hydrogen-bond donors (Lipinski definition) is 2. The van der Waals surface area contributed by atoms with Gasteiger partial charge in [0, 0.05) is 25.7 Å². The molecule has 22 heavy (non-hydrogen) atoms. The Balaban J connectivity index is 1.62. The minimum absolute atomic E-state index is 0.507. The zero-order valence-corrected chi connectivity index (χ0v) is 14.0. The highest BCUT2D eigenvalue weighted by molar-refractivity contribution is 5.77. The van der Waals surface area contributed by atoms with Crippen LogP contribution in [0, 0.1) is 5.92 Å². The quantitative estimate of drug-likeness (QED) is 0.573. The van der Waals surface area contributed by atoms with E-state index in [0.29, 0.717) is 12.0 Å². The number of guanidine groups is 1. The van der Waals surface area contributed by atoms with Crippen molar-refractivity contribution in [2.24, 2.45) is 16.6 Å². The van der Waals surface area contributed by atoms with Gasteiger partial charge in [0.15, 0.2) is 5.96 Å². The molecule has 1 unspecified atom stereocenters. The van der Waals surface area contributed by atoms with Crippen LogP contribution in [0.2, 0.25) is 0 Å². The molecule has 1 fully saturated rings. The van der Waals surface area contributed by atoms with E-state index in [0.717, 1.165) is 32.0 Å². The molecule has 0 aliphatic heterocycles. The van der Waals surface area contributed by atoms with Gasteiger partial charge in [-0.1, -0.05) is 36.8 Å². The van der Waals surface area contributed by atoms with Gasteiger partial charge in [0.05, 0.1) is 0 Å². The van der Waals surface area contributed by atoms with Crippen molar-refractivity contribution in [2.45, 2.75) is 45.2 Å². The topological polar surface area (TPSA) is 53.6 Å². The predicted molar refractivity (Wildman–Crippen MR) is 93.8 cm³/mol. The third kappa shape index (κ3) is 5.68. The van der Waals surface area contributed by atoms with Crippen molar-refractivity contribution in [3.8, 4) is 0 Å². The first kappa shape index (κ1) is 16.8. The number of hydrogen-bond acceptors (Lipinski definition) is 2. The lowest BCUT2D eigenvalue weighted by Crippen LogP contribution is -2.37. The largest absolute Gasteiger partial charge is 0.370 e. The number of rotatable bonds is 8. The molecule has 122 valence electrons. The summed E-state index contributed by atoms with van der Waals surface area (Å²) < 4.78 is 0. The van der Waals surface area contributed by atoms with Gasteiger partial charge < -0.3 is 11.1 Å². The Hall–Kier alpha value is -1.55. The van der Waals surface area contributed by atoms with Crippen LogP contribution in [-0.4, -0.2) is 37.0 Å². The Morgan fingerprint density at radius 3 is 2.73 bits per heavy atom. The standard InChI is InChI=1S/C18H30N4/c1-15(22(2)14-17-7-4-3-5-8-17)11-12-20-18(19)21-13-16-9-6-10-16/h3-5,7-8,15-16H,6,9-14H2,1-2H3,(H3,19,20,21). The van der Waals surface area contributed by atoms with Crippen molar-refractivity contribution in [3.05, 3.63) is 35.9 Å². The minimum atomic E-state index is 0.507. The molecule has 1 saturated carbocycles. The molecular formula is C18H30N4. The Kier molecular flexibility index (Phi) is 6.72. The summed E-state index contributed by atoms with van der Waals surface area (Å²) in [5, 5.41) is 3.24. The van der Waals surface area contributed by atoms with Gasteiger partial charge in [-0.2, -0.15) is 0 Å². The predicted octanol–water partition coefficient (Wildman–Crippen LogP) is 2.60. The average molecular weight is 302 g/mol. The van der Waals surface area contributed by atoms with Gasteiger partial charge in [0.2, 0.25) is 0 Å². The van der Waals surface area contributed by atoms with Crippen LogP contribution in [0.5, 0.6) is 0 Å². The van der Waals surface area contributed by atoms with E-state index in [9.17, 15) is 0 Å². The van der Waals surface area contributed by atoms with Crippen LogP contribution < -0.4 is 11.1 Å². The zero-order chi connectivity index (χ0) is 15.8. The van der Waals surface area contributed by atoms with E-state index in [1.54, 1.807) is 0 Å². The normalized spacial score (nSPS) is 17.3. The molecule has 1 aromatic rings. The molecule has 0 radical (unpaired) electrons. The van der Waals surface area contributed by atoms with E-state index in [1.165, 1.54) is 24.8 Å². The molecule has 4 heteroatoms. The van der Waals surface area contributed by atoms with E-state index in [-0.39, 0.29) is 0 Å². The second-order valence-corrected chi connectivity index (χ2v) is 6.49. The Morgan fingerprint density at radius 2 is 2.09 bits per heavy atom. The lowest BCUT2D eigenvalue weighted by atomic mass is 9.86. The molecule has 1 aliphatic rings. The zero-order valence-electron chi connectivity index (χ0n) is 14.0. The highest BCUT2D eigenvalue weighted by atomic mass is 15.1. The molecule has 0 saturated heterocycles. The van der Waals surface area contributed by atoms with Crippen molar-refractivity contribution in [1.82, 2.24) is 10.2 Å². The minimum Gasteiger partial charge on any atom is -0.370 e. The summed E-state index contributed by atoms with van der Waals surface area (Å²) in [4.78, 5) is 6.80. The molecule has 3 N–H and O–H groups in total. The monoisotopic (exact) mass is 302 g/mol. The molecule has 1 aromatic carbocycles. The van der Waals surface area contributed by atoms with Gasteiger partial charge in [0.1, 0.15) is 0 Å². The highest BCUT2D eigenvalue weighted by Crippen LogP contribution is 2.26. The van der Waals surface area contributed by atoms with Crippen LogP contribution in [-0.2, 0) is 6.54 Å². The van der Waals surface area contributed by atoms with Crippen molar-refractivity contribution in [2.75, 3.05) is 20.1 Å². The third-order valence-electron chi connectivity index (χ3n) is 4.64. The van der Waals surface area contributed by atoms with E-state index < -0.39 is 0 Å². The first-order valence-electron chi connectivity index (χ1n) is 8.43. The summed E-state index contributed by atoms with van der Waals surface area (Å²) in [5.41, 5.74) is 7.27. The fourth-order valence-corrected chi connectivity index (χ4v) is 2.62. The molecule has 1 atom stereocenters. The molecule has 2 rings (SSSR count). The smallest absolute Gasteiger partial charge is 0.188 e. The van der Waals surface area contributed by atoms with E-state index in [2.05, 4.69) is 59.5 Å². The van der Waals surface area contributed by atoms with Crippen LogP contribution in [0.3, 0.4) is 0 Å². The van der Waals surface area contributed by atoms with Gasteiger partial charge >= 0.3 is 0 Å². The van der Waals surface area contributed by atoms with Crippen LogP contribution in [0.15, 0.2) is 35.3 Å². The van der Waals surface area contributed by atoms with Crippen molar-refractivity contribution >= 4 is 5.96 Å². The number of nitrogens with zero attached hydrogens (tertiary/aromatic N) is 2. The lowest BCUT2D eigenvalue weighted by molar-refractivity contribution is 0.238. The van der Waals surface area contributed by atoms with Gasteiger partial charge in [-0.25, -0.2) is 0 Å². The van der Waals surface area contributed by atoms with E-state index in [4.69, 9.17) is 5.73 Å². The average Bonchev–Trinajstić information content (AvgIpc) is 2.46. The fraction of sp³-hybridized carbons (Fsp3) is 0.611. The lowest BCUT2D eigenvalue weighted by Gasteiger charge is -2.25. The third-order valence-corrected chi connectivity index (χ3v) is 4.64. The molecule has 0 heterocycles. The summed E-state index contributed by atoms with van der Waals surface area (Å²) >= 11 is 0. The maximum absolute atomic E-state index is 5.91. The molecule has 0 aromatic heterocycles. The number of nitrogens with one attached hydrogen (secondary N) is 1. The maximum Gasteiger partial charge on any atom is 0.188 e. The van der Waals surface area contributed by atoms with Gasteiger partial charge in [-0.15, -0.1) is 0 Å². The van der Waals surface area contributed by atoms with Crippen LogP contribution in [0.4, 0.5) is 0 Å². The Bertz CT molecular complexity index is 453. The molecular weight excluding hydrogens is 272 g/mol. The fourth-order valence-electron chi connectivity index (χ4n) is 2.62. The summed E-state index contributed by atoms with van der Waals surface area (Å²) in [6.45, 7) is 5.00. The molecule has 4 nitrogen and oxygen atoms in total. The number of benzene rings is 1. The number of aliphatic imine (C=N–C) groups is 1. The van der Waals surface area contributed by atoms with Gasteiger partial charge in [0.25, 0.3) is 0 Å². The van der Waals surface area contributed by atoms with Crippen molar-refractivity contribution in [1.29, 1.82) is 0 Å². The number of nitrogens with two attached hydrogens (primary N) is 1. The summed E-state index contributed by atoms with van der Waals surface area (Å²) in [5.74, 6) is 1.38. The van der Waals surface area contributed by atoms with Crippen LogP contribution in [0.25, 0.3) is 0 Å². The van der Waals surface area contributed by atoms with Crippen molar-refractivity contribution in [3.63, 3.8) is 0 Å². The maximum atomic E-state index is 5.91. The van der Waals surface area contributed by atoms with E-state index >= 15 is 0 Å². The summed E-state index contributed by atoms with van der Waals surface area (Å²) in [7, 11) is 2.17. The first-order valence-corrected chi connectivity index (χ1v) is 8.43. The molecule has 1 aliphatic carbocycles. The SMILES string of the molecule is CC(CCNC(N)=NCC1CCC1)N(C)Cc1ccccc1. The van der Waals surface area contributed by atoms with E-state index in [1.807, 2.05) is 0 Å². The second-order valence-electron chi connectivity index (χ2n) is 6.49. The molecule has 0 amide bonds. The summed E-state index contributed by atoms with van der Waals surface area (Å²) in [6.07, 6.45) is 5.05. The Labute approximate surface area is 134 Å². The molecule has 0 bridgehead atoms.